The molecule has 0 aliphatic carbocycles. The molecule has 0 spiro atoms. The van der Waals surface area contributed by atoms with E-state index in [0.717, 1.165) is 31.0 Å². The summed E-state index contributed by atoms with van der Waals surface area (Å²) in [5.74, 6) is 0.0477. The normalized spacial score (nSPS) is 17.7. The highest BCUT2D eigenvalue weighted by molar-refractivity contribution is 5.90. The molecule has 2 aromatic rings. The van der Waals surface area contributed by atoms with Crippen LogP contribution < -0.4 is 15.1 Å². The molecule has 2 aliphatic rings. The number of aromatic nitrogens is 1. The number of pyridine rings is 1. The fourth-order valence-corrected chi connectivity index (χ4v) is 3.80. The SMILES string of the molecule is C=C(C)CN1CCN(c2ccc(-c3ccc(N4C[C@H](CNC(C)=O)OC4=O)cc3F)cn2)C=N1. The zero-order valence-electron chi connectivity index (χ0n) is 19.2. The van der Waals surface area contributed by atoms with Gasteiger partial charge in [-0.1, -0.05) is 12.2 Å². The molecule has 10 heteroatoms. The van der Waals surface area contributed by atoms with Crippen molar-refractivity contribution in [3.63, 3.8) is 0 Å². The molecular formula is C24H27FN6O3. The summed E-state index contributed by atoms with van der Waals surface area (Å²) in [5, 5.41) is 8.98. The molecule has 1 aromatic carbocycles. The Labute approximate surface area is 197 Å². The largest absolute Gasteiger partial charge is 0.442 e. The van der Waals surface area contributed by atoms with E-state index in [4.69, 9.17) is 4.74 Å². The molecule has 1 fully saturated rings. The monoisotopic (exact) mass is 466 g/mol. The van der Waals surface area contributed by atoms with Crippen molar-refractivity contribution in [2.75, 3.05) is 42.5 Å². The minimum absolute atomic E-state index is 0.207. The lowest BCUT2D eigenvalue weighted by atomic mass is 10.1. The maximum absolute atomic E-state index is 15.0. The van der Waals surface area contributed by atoms with Crippen molar-refractivity contribution >= 4 is 29.8 Å². The first-order valence-corrected chi connectivity index (χ1v) is 11.0. The standard InChI is InChI=1S/C24H27FN6O3/c1-16(2)13-30-9-8-29(15-28-30)23-7-4-18(11-27-23)21-6-5-19(10-22(21)25)31-14-20(34-24(31)33)12-26-17(3)32/h4-7,10-11,15,20H,1,8-9,12-14H2,2-3H3,(H,26,32)/t20-/m0/s1. The number of halogens is 1. The van der Waals surface area contributed by atoms with Gasteiger partial charge in [0.2, 0.25) is 5.91 Å². The average Bonchev–Trinajstić information content (AvgIpc) is 3.18. The van der Waals surface area contributed by atoms with Crippen LogP contribution in [0.5, 0.6) is 0 Å². The number of hydrogen-bond donors (Lipinski definition) is 1. The molecule has 3 heterocycles. The molecule has 0 unspecified atom stereocenters. The van der Waals surface area contributed by atoms with E-state index >= 15 is 0 Å². The maximum atomic E-state index is 15.0. The van der Waals surface area contributed by atoms with Crippen molar-refractivity contribution < 1.29 is 18.7 Å². The van der Waals surface area contributed by atoms with Gasteiger partial charge in [-0.15, -0.1) is 0 Å². The second kappa shape index (κ2) is 9.90. The van der Waals surface area contributed by atoms with Gasteiger partial charge in [0, 0.05) is 30.8 Å². The smallest absolute Gasteiger partial charge is 0.414 e. The Morgan fingerprint density at radius 3 is 2.71 bits per heavy atom. The van der Waals surface area contributed by atoms with Crippen LogP contribution in [0.1, 0.15) is 13.8 Å². The summed E-state index contributed by atoms with van der Waals surface area (Å²) < 4.78 is 20.2. The topological polar surface area (TPSA) is 90.4 Å². The van der Waals surface area contributed by atoms with Gasteiger partial charge in [0.15, 0.2) is 0 Å². The molecule has 1 aromatic heterocycles. The molecule has 4 rings (SSSR count). The lowest BCUT2D eigenvalue weighted by Crippen LogP contribution is -2.38. The highest BCUT2D eigenvalue weighted by atomic mass is 19.1. The number of carbonyl (C=O) groups excluding carboxylic acids is 2. The number of nitrogens with zero attached hydrogens (tertiary/aromatic N) is 5. The van der Waals surface area contributed by atoms with Crippen LogP contribution in [0.15, 0.2) is 53.8 Å². The number of nitrogens with one attached hydrogen (secondary N) is 1. The maximum Gasteiger partial charge on any atom is 0.414 e. The zero-order valence-corrected chi connectivity index (χ0v) is 19.2. The van der Waals surface area contributed by atoms with Crippen LogP contribution in [0.2, 0.25) is 0 Å². The Morgan fingerprint density at radius 2 is 2.09 bits per heavy atom. The first-order valence-electron chi connectivity index (χ1n) is 11.0. The minimum atomic E-state index is -0.571. The summed E-state index contributed by atoms with van der Waals surface area (Å²) in [6.45, 7) is 9.93. The fraction of sp³-hybridized carbons (Fsp3) is 0.333. The van der Waals surface area contributed by atoms with E-state index in [-0.39, 0.29) is 19.0 Å². The molecule has 0 bridgehead atoms. The molecule has 2 amide bonds. The Morgan fingerprint density at radius 1 is 1.26 bits per heavy atom. The summed E-state index contributed by atoms with van der Waals surface area (Å²) in [5.41, 5.74) is 2.45. The number of rotatable bonds is 7. The van der Waals surface area contributed by atoms with Crippen molar-refractivity contribution in [2.45, 2.75) is 20.0 Å². The lowest BCUT2D eigenvalue weighted by Gasteiger charge is -2.29. The van der Waals surface area contributed by atoms with Gasteiger partial charge in [0.05, 0.1) is 31.9 Å². The fourth-order valence-electron chi connectivity index (χ4n) is 3.80. The first-order chi connectivity index (χ1) is 16.3. The molecule has 1 saturated heterocycles. The van der Waals surface area contributed by atoms with E-state index < -0.39 is 18.0 Å². The van der Waals surface area contributed by atoms with Crippen molar-refractivity contribution in [2.24, 2.45) is 5.10 Å². The Kier molecular flexibility index (Phi) is 6.76. The van der Waals surface area contributed by atoms with E-state index in [9.17, 15) is 14.0 Å². The van der Waals surface area contributed by atoms with E-state index in [1.54, 1.807) is 24.7 Å². The number of cyclic esters (lactones) is 1. The van der Waals surface area contributed by atoms with Gasteiger partial charge in [-0.25, -0.2) is 14.2 Å². The number of anilines is 2. The third kappa shape index (κ3) is 5.33. The van der Waals surface area contributed by atoms with Crippen LogP contribution in [0, 0.1) is 5.82 Å². The number of benzene rings is 1. The highest BCUT2D eigenvalue weighted by Crippen LogP contribution is 2.29. The summed E-state index contributed by atoms with van der Waals surface area (Å²) in [4.78, 5) is 31.0. The number of hydrazone groups is 1. The summed E-state index contributed by atoms with van der Waals surface area (Å²) >= 11 is 0. The second-order valence-electron chi connectivity index (χ2n) is 8.39. The number of ether oxygens (including phenoxy) is 1. The predicted octanol–water partition coefficient (Wildman–Crippen LogP) is 2.99. The van der Waals surface area contributed by atoms with E-state index in [1.807, 2.05) is 29.0 Å². The van der Waals surface area contributed by atoms with E-state index in [1.165, 1.54) is 17.9 Å². The van der Waals surface area contributed by atoms with Gasteiger partial charge in [0.1, 0.15) is 24.1 Å². The zero-order chi connectivity index (χ0) is 24.2. The van der Waals surface area contributed by atoms with Gasteiger partial charge in [-0.3, -0.25) is 14.7 Å². The van der Waals surface area contributed by atoms with Gasteiger partial charge < -0.3 is 15.0 Å². The first kappa shape index (κ1) is 23.2. The van der Waals surface area contributed by atoms with Crippen LogP contribution in [-0.4, -0.2) is 67.2 Å². The number of amides is 2. The van der Waals surface area contributed by atoms with Crippen LogP contribution in [0.25, 0.3) is 11.1 Å². The molecule has 2 aliphatic heterocycles. The molecule has 1 atom stereocenters. The molecule has 1 N–H and O–H groups in total. The minimum Gasteiger partial charge on any atom is -0.442 e. The van der Waals surface area contributed by atoms with Crippen LogP contribution in [0.4, 0.5) is 20.7 Å². The van der Waals surface area contributed by atoms with Gasteiger partial charge in [-0.2, -0.15) is 5.10 Å². The average molecular weight is 467 g/mol. The van der Waals surface area contributed by atoms with Crippen molar-refractivity contribution in [3.8, 4) is 11.1 Å². The summed E-state index contributed by atoms with van der Waals surface area (Å²) in [6.07, 6.45) is 2.30. The Bertz CT molecular complexity index is 1120. The van der Waals surface area contributed by atoms with Crippen LogP contribution in [0.3, 0.4) is 0 Å². The Hall–Kier alpha value is -3.95. The third-order valence-corrected chi connectivity index (χ3v) is 5.48. The van der Waals surface area contributed by atoms with Gasteiger partial charge in [0.25, 0.3) is 0 Å². The molecular weight excluding hydrogens is 439 g/mol. The van der Waals surface area contributed by atoms with E-state index in [2.05, 4.69) is 22.0 Å². The second-order valence-corrected chi connectivity index (χ2v) is 8.39. The number of hydrogen-bond acceptors (Lipinski definition) is 7. The lowest BCUT2D eigenvalue weighted by molar-refractivity contribution is -0.119. The molecule has 34 heavy (non-hydrogen) atoms. The molecule has 9 nitrogen and oxygen atoms in total. The van der Waals surface area contributed by atoms with Crippen molar-refractivity contribution in [3.05, 3.63) is 54.5 Å². The highest BCUT2D eigenvalue weighted by Gasteiger charge is 2.32. The number of carbonyl (C=O) groups is 2. The van der Waals surface area contributed by atoms with Crippen molar-refractivity contribution in [1.29, 1.82) is 0 Å². The Balaban J connectivity index is 1.43. The van der Waals surface area contributed by atoms with Crippen LogP contribution in [-0.2, 0) is 9.53 Å². The molecule has 0 radical (unpaired) electrons. The quantitative estimate of drug-likeness (QED) is 0.631. The summed E-state index contributed by atoms with van der Waals surface area (Å²) in [7, 11) is 0. The van der Waals surface area contributed by atoms with Crippen LogP contribution >= 0.6 is 0 Å². The van der Waals surface area contributed by atoms with Gasteiger partial charge in [-0.05, 0) is 37.3 Å². The molecule has 178 valence electrons. The predicted molar refractivity (Wildman–Crippen MR) is 128 cm³/mol. The van der Waals surface area contributed by atoms with E-state index in [0.29, 0.717) is 16.8 Å². The third-order valence-electron chi connectivity index (χ3n) is 5.48. The van der Waals surface area contributed by atoms with Gasteiger partial charge >= 0.3 is 6.09 Å². The van der Waals surface area contributed by atoms with Crippen molar-refractivity contribution in [1.82, 2.24) is 15.3 Å². The summed E-state index contributed by atoms with van der Waals surface area (Å²) in [6, 6.07) is 8.23. The molecule has 0 saturated carbocycles.